The number of carbonyl (C=O) groups excluding carboxylic acids is 1. The van der Waals surface area contributed by atoms with Crippen molar-refractivity contribution in [2.45, 2.75) is 19.8 Å². The van der Waals surface area contributed by atoms with Crippen LogP contribution in [0, 0.1) is 5.82 Å². The zero-order chi connectivity index (χ0) is 14.9. The van der Waals surface area contributed by atoms with Crippen LogP contribution in [0.2, 0.25) is 0 Å². The van der Waals surface area contributed by atoms with Crippen LogP contribution >= 0.6 is 11.3 Å². The summed E-state index contributed by atoms with van der Waals surface area (Å²) in [6.45, 7) is 4.04. The molecule has 0 saturated carbocycles. The molecule has 2 aromatic rings. The number of nitrogens with zero attached hydrogens (tertiary/aromatic N) is 1. The van der Waals surface area contributed by atoms with E-state index >= 15 is 0 Å². The van der Waals surface area contributed by atoms with Crippen molar-refractivity contribution >= 4 is 33.8 Å². The first-order chi connectivity index (χ1) is 9.38. The van der Waals surface area contributed by atoms with Crippen molar-refractivity contribution in [3.8, 4) is 0 Å². The number of nitrogen functional groups attached to an aromatic ring is 1. The Balaban J connectivity index is 2.32. The van der Waals surface area contributed by atoms with Gasteiger partial charge in [-0.05, 0) is 18.1 Å². The third-order valence-corrected chi connectivity index (χ3v) is 3.54. The number of carbonyl (C=O) groups is 1. The Kier molecular flexibility index (Phi) is 3.89. The molecular weight excluding hydrogens is 279 g/mol. The van der Waals surface area contributed by atoms with Crippen LogP contribution in [0.5, 0.6) is 0 Å². The van der Waals surface area contributed by atoms with Crippen molar-refractivity contribution in [2.24, 2.45) is 5.73 Å². The number of nitrogens with two attached hydrogens (primary N) is 2. The number of aromatic nitrogens is 1. The van der Waals surface area contributed by atoms with E-state index in [-0.39, 0.29) is 16.9 Å². The lowest BCUT2D eigenvalue weighted by Gasteiger charge is -2.08. The van der Waals surface area contributed by atoms with E-state index in [4.69, 9.17) is 11.5 Å². The maximum atomic E-state index is 13.8. The second kappa shape index (κ2) is 5.46. The quantitative estimate of drug-likeness (QED) is 0.756. The number of halogens is 1. The molecule has 2 rings (SSSR count). The number of hydrogen-bond donors (Lipinski definition) is 3. The molecule has 0 saturated heterocycles. The van der Waals surface area contributed by atoms with Crippen molar-refractivity contribution in [3.05, 3.63) is 34.6 Å². The minimum absolute atomic E-state index is 0.0163. The monoisotopic (exact) mass is 294 g/mol. The Bertz CT molecular complexity index is 654. The molecule has 1 aromatic heterocycles. The molecule has 1 amide bonds. The van der Waals surface area contributed by atoms with Crippen LogP contribution in [0.25, 0.3) is 0 Å². The van der Waals surface area contributed by atoms with Crippen LogP contribution in [0.15, 0.2) is 17.5 Å². The fourth-order valence-electron chi connectivity index (χ4n) is 1.62. The van der Waals surface area contributed by atoms with Crippen LogP contribution in [0.4, 0.5) is 20.9 Å². The first-order valence-corrected chi connectivity index (χ1v) is 6.87. The summed E-state index contributed by atoms with van der Waals surface area (Å²) in [5, 5.41) is 5.29. The number of benzene rings is 1. The van der Waals surface area contributed by atoms with Gasteiger partial charge in [-0.1, -0.05) is 13.8 Å². The van der Waals surface area contributed by atoms with Gasteiger partial charge in [0.05, 0.1) is 16.9 Å². The largest absolute Gasteiger partial charge is 0.398 e. The Morgan fingerprint density at radius 3 is 2.70 bits per heavy atom. The lowest BCUT2D eigenvalue weighted by atomic mass is 10.1. The van der Waals surface area contributed by atoms with Gasteiger partial charge in [-0.25, -0.2) is 9.37 Å². The molecule has 7 heteroatoms. The summed E-state index contributed by atoms with van der Waals surface area (Å²) in [5.41, 5.74) is 11.9. The first-order valence-electron chi connectivity index (χ1n) is 5.99. The second-order valence-corrected chi connectivity index (χ2v) is 5.50. The molecule has 0 atom stereocenters. The molecule has 0 aliphatic carbocycles. The molecule has 106 valence electrons. The van der Waals surface area contributed by atoms with E-state index in [2.05, 4.69) is 10.3 Å². The van der Waals surface area contributed by atoms with E-state index in [1.54, 1.807) is 0 Å². The van der Waals surface area contributed by atoms with E-state index in [1.807, 2.05) is 19.2 Å². The number of anilines is 3. The highest BCUT2D eigenvalue weighted by Gasteiger charge is 2.13. The van der Waals surface area contributed by atoms with Crippen molar-refractivity contribution in [1.29, 1.82) is 0 Å². The number of thiazole rings is 1. The normalized spacial score (nSPS) is 10.8. The molecule has 0 aliphatic rings. The minimum Gasteiger partial charge on any atom is -0.398 e. The van der Waals surface area contributed by atoms with Crippen LogP contribution in [0.1, 0.15) is 35.8 Å². The zero-order valence-electron chi connectivity index (χ0n) is 11.1. The molecular formula is C13H15FN4OS. The third-order valence-electron chi connectivity index (χ3n) is 2.76. The van der Waals surface area contributed by atoms with Crippen molar-refractivity contribution in [1.82, 2.24) is 4.98 Å². The smallest absolute Gasteiger partial charge is 0.250 e. The molecule has 0 aliphatic heterocycles. The van der Waals surface area contributed by atoms with E-state index in [0.717, 1.165) is 11.8 Å². The average Bonchev–Trinajstić information content (AvgIpc) is 2.80. The fraction of sp³-hybridized carbons (Fsp3) is 0.231. The van der Waals surface area contributed by atoms with E-state index in [1.165, 1.54) is 17.4 Å². The average molecular weight is 294 g/mol. The van der Waals surface area contributed by atoms with Crippen LogP contribution in [-0.4, -0.2) is 10.9 Å². The highest BCUT2D eigenvalue weighted by molar-refractivity contribution is 7.13. The van der Waals surface area contributed by atoms with Gasteiger partial charge in [0.1, 0.15) is 5.82 Å². The van der Waals surface area contributed by atoms with Gasteiger partial charge in [-0.2, -0.15) is 0 Å². The van der Waals surface area contributed by atoms with E-state index in [9.17, 15) is 9.18 Å². The summed E-state index contributed by atoms with van der Waals surface area (Å²) in [4.78, 5) is 15.5. The summed E-state index contributed by atoms with van der Waals surface area (Å²) in [6, 6.07) is 2.36. The molecule has 5 nitrogen and oxygen atoms in total. The second-order valence-electron chi connectivity index (χ2n) is 4.64. The predicted octanol–water partition coefficient (Wildman–Crippen LogP) is 2.83. The molecule has 1 aromatic carbocycles. The summed E-state index contributed by atoms with van der Waals surface area (Å²) >= 11 is 1.36. The van der Waals surface area contributed by atoms with Crippen molar-refractivity contribution in [3.63, 3.8) is 0 Å². The molecule has 5 N–H and O–H groups in total. The minimum atomic E-state index is -0.701. The van der Waals surface area contributed by atoms with Gasteiger partial charge in [0.25, 0.3) is 5.91 Å². The van der Waals surface area contributed by atoms with Gasteiger partial charge in [0.2, 0.25) is 0 Å². The Morgan fingerprint density at radius 2 is 2.15 bits per heavy atom. The SMILES string of the molecule is CC(C)c1csc(Nc2cc(C(N)=O)c(N)cc2F)n1. The summed E-state index contributed by atoms with van der Waals surface area (Å²) in [5.74, 6) is -0.972. The van der Waals surface area contributed by atoms with Crippen molar-refractivity contribution in [2.75, 3.05) is 11.1 Å². The predicted molar refractivity (Wildman–Crippen MR) is 78.8 cm³/mol. The fourth-order valence-corrected chi connectivity index (χ4v) is 2.51. The number of nitrogens with one attached hydrogen (secondary N) is 1. The van der Waals surface area contributed by atoms with Crippen LogP contribution < -0.4 is 16.8 Å². The third kappa shape index (κ3) is 2.88. The molecule has 0 spiro atoms. The van der Waals surface area contributed by atoms with Gasteiger partial charge in [0.15, 0.2) is 5.13 Å². The molecule has 0 fully saturated rings. The van der Waals surface area contributed by atoms with Gasteiger partial charge >= 0.3 is 0 Å². The highest BCUT2D eigenvalue weighted by Crippen LogP contribution is 2.28. The standard InChI is InChI=1S/C13H15FN4OS/c1-6(2)11-5-20-13(18-11)17-10-3-7(12(16)19)9(15)4-8(10)14/h3-6H,15H2,1-2H3,(H2,16,19)(H,17,18). The summed E-state index contributed by atoms with van der Waals surface area (Å²) < 4.78 is 13.8. The topological polar surface area (TPSA) is 94.0 Å². The number of rotatable bonds is 4. The Hall–Kier alpha value is -2.15. The highest BCUT2D eigenvalue weighted by atomic mass is 32.1. The van der Waals surface area contributed by atoms with Gasteiger partial charge in [0, 0.05) is 11.1 Å². The first kappa shape index (κ1) is 14.3. The Morgan fingerprint density at radius 1 is 1.45 bits per heavy atom. The molecule has 0 radical (unpaired) electrons. The van der Waals surface area contributed by atoms with Crippen LogP contribution in [-0.2, 0) is 0 Å². The molecule has 0 bridgehead atoms. The van der Waals surface area contributed by atoms with E-state index in [0.29, 0.717) is 11.0 Å². The lowest BCUT2D eigenvalue weighted by molar-refractivity contribution is 0.100. The summed E-state index contributed by atoms with van der Waals surface area (Å²) in [6.07, 6.45) is 0. The Labute approximate surface area is 119 Å². The lowest BCUT2D eigenvalue weighted by Crippen LogP contribution is -2.14. The maximum Gasteiger partial charge on any atom is 0.250 e. The van der Waals surface area contributed by atoms with E-state index < -0.39 is 11.7 Å². The molecule has 0 unspecified atom stereocenters. The number of hydrogen-bond acceptors (Lipinski definition) is 5. The summed E-state index contributed by atoms with van der Waals surface area (Å²) in [7, 11) is 0. The van der Waals surface area contributed by atoms with Gasteiger partial charge in [-0.15, -0.1) is 11.3 Å². The van der Waals surface area contributed by atoms with Crippen LogP contribution in [0.3, 0.4) is 0 Å². The number of amides is 1. The van der Waals surface area contributed by atoms with Gasteiger partial charge in [-0.3, -0.25) is 4.79 Å². The molecule has 1 heterocycles. The zero-order valence-corrected chi connectivity index (χ0v) is 11.9. The molecule has 20 heavy (non-hydrogen) atoms. The van der Waals surface area contributed by atoms with Crippen molar-refractivity contribution < 1.29 is 9.18 Å². The number of primary amides is 1. The maximum absolute atomic E-state index is 13.8. The van der Waals surface area contributed by atoms with Gasteiger partial charge < -0.3 is 16.8 Å².